The van der Waals surface area contributed by atoms with Gasteiger partial charge in [-0.15, -0.1) is 0 Å². The number of hydrogen-bond donors (Lipinski definition) is 1. The van der Waals surface area contributed by atoms with E-state index < -0.39 is 0 Å². The summed E-state index contributed by atoms with van der Waals surface area (Å²) in [6.07, 6.45) is 5.22. The highest BCUT2D eigenvalue weighted by Crippen LogP contribution is 2.43. The van der Waals surface area contributed by atoms with Gasteiger partial charge in [0.25, 0.3) is 0 Å². The van der Waals surface area contributed by atoms with Gasteiger partial charge in [0.15, 0.2) is 5.96 Å². The largest absolute Gasteiger partial charge is 0.370 e. The maximum Gasteiger partial charge on any atom is 0.191 e. The minimum atomic E-state index is 0.291. The number of nitrogens with two attached hydrogens (primary N) is 1. The lowest BCUT2D eigenvalue weighted by Gasteiger charge is -2.38. The molecule has 0 radical (unpaired) electrons. The van der Waals surface area contributed by atoms with Crippen LogP contribution in [0.5, 0.6) is 0 Å². The van der Waals surface area contributed by atoms with Gasteiger partial charge in [0, 0.05) is 7.05 Å². The lowest BCUT2D eigenvalue weighted by atomic mass is 9.84. The monoisotopic (exact) mass is 181 g/mol. The van der Waals surface area contributed by atoms with Crippen molar-refractivity contribution in [3.05, 3.63) is 0 Å². The Kier molecular flexibility index (Phi) is 1.97. The molecule has 3 nitrogen and oxygen atoms in total. The van der Waals surface area contributed by atoms with Crippen molar-refractivity contribution in [3.63, 3.8) is 0 Å². The number of likely N-dealkylation sites (N-methyl/N-ethyl adjacent to an activating group) is 1. The van der Waals surface area contributed by atoms with E-state index >= 15 is 0 Å². The third-order valence-corrected chi connectivity index (χ3v) is 3.94. The van der Waals surface area contributed by atoms with Gasteiger partial charge in [0.05, 0.1) is 12.1 Å². The van der Waals surface area contributed by atoms with Crippen LogP contribution in [0.3, 0.4) is 0 Å². The molecule has 0 saturated heterocycles. The van der Waals surface area contributed by atoms with Gasteiger partial charge in [0.1, 0.15) is 0 Å². The summed E-state index contributed by atoms with van der Waals surface area (Å²) < 4.78 is 0. The number of hydrogen-bond acceptors (Lipinski definition) is 3. The van der Waals surface area contributed by atoms with E-state index in [1.807, 2.05) is 0 Å². The van der Waals surface area contributed by atoms with Crippen molar-refractivity contribution >= 4 is 5.96 Å². The zero-order valence-electron chi connectivity index (χ0n) is 8.58. The summed E-state index contributed by atoms with van der Waals surface area (Å²) in [6, 6.07) is 0. The first-order valence-electron chi connectivity index (χ1n) is 5.24. The Labute approximate surface area is 80.0 Å². The summed E-state index contributed by atoms with van der Waals surface area (Å²) >= 11 is 0. The maximum absolute atomic E-state index is 5.83. The van der Waals surface area contributed by atoms with E-state index in [0.29, 0.717) is 5.54 Å². The summed E-state index contributed by atoms with van der Waals surface area (Å²) in [6.45, 7) is 3.20. The molecule has 0 bridgehead atoms. The first-order valence-corrected chi connectivity index (χ1v) is 5.24. The first kappa shape index (κ1) is 8.85. The van der Waals surface area contributed by atoms with E-state index in [2.05, 4.69) is 23.9 Å². The van der Waals surface area contributed by atoms with Crippen LogP contribution in [0.1, 0.15) is 32.6 Å². The first-order chi connectivity index (χ1) is 6.20. The summed E-state index contributed by atoms with van der Waals surface area (Å²) in [7, 11) is 2.10. The van der Waals surface area contributed by atoms with Crippen molar-refractivity contribution in [1.82, 2.24) is 4.90 Å². The van der Waals surface area contributed by atoms with Crippen LogP contribution < -0.4 is 5.73 Å². The number of guanidine groups is 1. The maximum atomic E-state index is 5.83. The molecule has 1 fully saturated rings. The van der Waals surface area contributed by atoms with Crippen molar-refractivity contribution in [2.75, 3.05) is 13.6 Å². The predicted octanol–water partition coefficient (Wildman–Crippen LogP) is 1.20. The molecule has 2 N–H and O–H groups in total. The molecule has 1 aliphatic heterocycles. The second-order valence-corrected chi connectivity index (χ2v) is 4.33. The third-order valence-electron chi connectivity index (χ3n) is 3.94. The summed E-state index contributed by atoms with van der Waals surface area (Å²) in [4.78, 5) is 6.59. The Hall–Kier alpha value is -0.730. The van der Waals surface area contributed by atoms with E-state index in [1.165, 1.54) is 25.7 Å². The number of aliphatic imine (C=N–C) groups is 1. The Balaban J connectivity index is 2.22. The van der Waals surface area contributed by atoms with Crippen molar-refractivity contribution in [2.24, 2.45) is 16.6 Å². The van der Waals surface area contributed by atoms with Crippen molar-refractivity contribution in [1.29, 1.82) is 0 Å². The fraction of sp³-hybridized carbons (Fsp3) is 0.900. The van der Waals surface area contributed by atoms with Crippen LogP contribution in [0.4, 0.5) is 0 Å². The smallest absolute Gasteiger partial charge is 0.191 e. The summed E-state index contributed by atoms with van der Waals surface area (Å²) in [5.74, 6) is 1.53. The van der Waals surface area contributed by atoms with E-state index in [4.69, 9.17) is 5.73 Å². The molecule has 1 spiro atoms. The Morgan fingerprint density at radius 3 is 3.00 bits per heavy atom. The normalized spacial score (nSPS) is 38.8. The van der Waals surface area contributed by atoms with Crippen LogP contribution in [-0.4, -0.2) is 30.0 Å². The molecule has 1 aliphatic carbocycles. The van der Waals surface area contributed by atoms with Crippen LogP contribution in [0.2, 0.25) is 0 Å². The molecule has 0 aromatic carbocycles. The topological polar surface area (TPSA) is 41.6 Å². The molecule has 2 aliphatic rings. The fourth-order valence-electron chi connectivity index (χ4n) is 3.02. The van der Waals surface area contributed by atoms with E-state index in [-0.39, 0.29) is 0 Å². The van der Waals surface area contributed by atoms with E-state index in [9.17, 15) is 0 Å². The van der Waals surface area contributed by atoms with Gasteiger partial charge in [-0.05, 0) is 18.8 Å². The molecular formula is C10H19N3. The molecule has 74 valence electrons. The van der Waals surface area contributed by atoms with Gasteiger partial charge in [0.2, 0.25) is 0 Å². The van der Waals surface area contributed by atoms with E-state index in [0.717, 1.165) is 18.4 Å². The molecule has 2 rings (SSSR count). The lowest BCUT2D eigenvalue weighted by molar-refractivity contribution is 0.169. The summed E-state index contributed by atoms with van der Waals surface area (Å²) in [5, 5.41) is 0. The molecular weight excluding hydrogens is 162 g/mol. The van der Waals surface area contributed by atoms with Crippen LogP contribution in [0, 0.1) is 5.92 Å². The molecule has 0 aromatic rings. The molecule has 3 heteroatoms. The molecule has 2 unspecified atom stereocenters. The highest BCUT2D eigenvalue weighted by Gasteiger charge is 2.48. The Bertz CT molecular complexity index is 236. The zero-order chi connectivity index (χ0) is 9.47. The highest BCUT2D eigenvalue weighted by atomic mass is 15.3. The number of nitrogens with zero attached hydrogens (tertiary/aromatic N) is 2. The molecule has 1 saturated carbocycles. The van der Waals surface area contributed by atoms with Crippen molar-refractivity contribution in [3.8, 4) is 0 Å². The van der Waals surface area contributed by atoms with Crippen LogP contribution in [-0.2, 0) is 0 Å². The van der Waals surface area contributed by atoms with Gasteiger partial charge < -0.3 is 10.6 Å². The molecule has 1 heterocycles. The zero-order valence-corrected chi connectivity index (χ0v) is 8.58. The van der Waals surface area contributed by atoms with Crippen molar-refractivity contribution < 1.29 is 0 Å². The van der Waals surface area contributed by atoms with Crippen LogP contribution in [0.25, 0.3) is 0 Å². The third kappa shape index (κ3) is 1.06. The molecule has 0 amide bonds. The fourth-order valence-corrected chi connectivity index (χ4v) is 3.02. The predicted molar refractivity (Wildman–Crippen MR) is 54.6 cm³/mol. The van der Waals surface area contributed by atoms with Gasteiger partial charge >= 0.3 is 0 Å². The SMILES string of the molecule is CCC1CCCC12CN=C(N)N2C. The summed E-state index contributed by atoms with van der Waals surface area (Å²) in [5.41, 5.74) is 6.12. The average molecular weight is 181 g/mol. The van der Waals surface area contributed by atoms with Gasteiger partial charge in [-0.2, -0.15) is 0 Å². The highest BCUT2D eigenvalue weighted by molar-refractivity contribution is 5.80. The minimum absolute atomic E-state index is 0.291. The standard InChI is InChI=1S/C10H19N3/c1-3-8-5-4-6-10(8)7-12-9(11)13(10)2/h8H,3-7H2,1-2H3,(H2,11,12). The lowest BCUT2D eigenvalue weighted by Crippen LogP contribution is -2.51. The molecule has 13 heavy (non-hydrogen) atoms. The van der Waals surface area contributed by atoms with Gasteiger partial charge in [-0.1, -0.05) is 19.8 Å². The van der Waals surface area contributed by atoms with Crippen LogP contribution >= 0.6 is 0 Å². The molecule has 0 aromatic heterocycles. The van der Waals surface area contributed by atoms with Crippen molar-refractivity contribution in [2.45, 2.75) is 38.1 Å². The second kappa shape index (κ2) is 2.89. The quantitative estimate of drug-likeness (QED) is 0.660. The van der Waals surface area contributed by atoms with Crippen LogP contribution in [0.15, 0.2) is 4.99 Å². The Morgan fingerprint density at radius 1 is 1.69 bits per heavy atom. The van der Waals surface area contributed by atoms with Gasteiger partial charge in [-0.3, -0.25) is 4.99 Å². The average Bonchev–Trinajstić information content (AvgIpc) is 2.67. The second-order valence-electron chi connectivity index (χ2n) is 4.33. The Morgan fingerprint density at radius 2 is 2.46 bits per heavy atom. The van der Waals surface area contributed by atoms with Gasteiger partial charge in [-0.25, -0.2) is 0 Å². The minimum Gasteiger partial charge on any atom is -0.370 e. The molecule has 2 atom stereocenters. The number of rotatable bonds is 1. The van der Waals surface area contributed by atoms with E-state index in [1.54, 1.807) is 0 Å².